The Morgan fingerprint density at radius 3 is 1.55 bits per heavy atom. The summed E-state index contributed by atoms with van der Waals surface area (Å²) in [5, 5.41) is 8.86. The topological polar surface area (TPSA) is 124 Å². The van der Waals surface area contributed by atoms with Crippen LogP contribution in [-0.4, -0.2) is 36.9 Å². The fourth-order valence-corrected chi connectivity index (χ4v) is 0.938. The summed E-state index contributed by atoms with van der Waals surface area (Å²) in [6.45, 7) is 0.578. The Morgan fingerprint density at radius 1 is 1.00 bits per heavy atom. The summed E-state index contributed by atoms with van der Waals surface area (Å²) in [5.41, 5.74) is 21.8. The van der Waals surface area contributed by atoms with E-state index in [0.29, 0.717) is 13.1 Å². The van der Waals surface area contributed by atoms with Crippen LogP contribution < -0.4 is 22.9 Å². The molecule has 0 aliphatic heterocycles. The van der Waals surface area contributed by atoms with Crippen LogP contribution >= 0.6 is 0 Å². The molecule has 0 aromatic heterocycles. The van der Waals surface area contributed by atoms with Crippen molar-refractivity contribution in [3.05, 3.63) is 0 Å². The van der Waals surface area contributed by atoms with Crippen molar-refractivity contribution < 1.29 is 5.11 Å². The molecule has 0 saturated heterocycles. The molecule has 0 aliphatic rings. The monoisotopic (exact) mass is 162 g/mol. The van der Waals surface area contributed by atoms with Crippen LogP contribution in [0.3, 0.4) is 0 Å². The molecule has 0 rings (SSSR count). The highest BCUT2D eigenvalue weighted by atomic mass is 16.3. The summed E-state index contributed by atoms with van der Waals surface area (Å²) >= 11 is 0. The van der Waals surface area contributed by atoms with Crippen LogP contribution in [0.2, 0.25) is 0 Å². The molecule has 11 heavy (non-hydrogen) atoms. The van der Waals surface area contributed by atoms with Crippen LogP contribution in [-0.2, 0) is 0 Å². The fourth-order valence-electron chi connectivity index (χ4n) is 0.938. The molecule has 68 valence electrons. The van der Waals surface area contributed by atoms with Crippen LogP contribution in [0.5, 0.6) is 0 Å². The SMILES string of the molecule is NCC(N)C(CO)C(N)CN. The Morgan fingerprint density at radius 2 is 1.36 bits per heavy atom. The van der Waals surface area contributed by atoms with Crippen molar-refractivity contribution >= 4 is 0 Å². The predicted octanol–water partition coefficient (Wildman–Crippen LogP) is -2.83. The maximum Gasteiger partial charge on any atom is 0.0489 e. The van der Waals surface area contributed by atoms with E-state index in [0.717, 1.165) is 0 Å². The highest BCUT2D eigenvalue weighted by molar-refractivity contribution is 4.82. The number of rotatable bonds is 5. The highest BCUT2D eigenvalue weighted by Crippen LogP contribution is 2.02. The van der Waals surface area contributed by atoms with Crippen molar-refractivity contribution in [2.45, 2.75) is 12.1 Å². The molecule has 0 amide bonds. The first-order valence-electron chi connectivity index (χ1n) is 3.69. The zero-order valence-corrected chi connectivity index (χ0v) is 6.61. The average Bonchev–Trinajstić information content (AvgIpc) is 2.05. The van der Waals surface area contributed by atoms with Crippen molar-refractivity contribution in [1.82, 2.24) is 0 Å². The zero-order chi connectivity index (χ0) is 8.85. The van der Waals surface area contributed by atoms with E-state index in [1.807, 2.05) is 0 Å². The van der Waals surface area contributed by atoms with Gasteiger partial charge in [0.05, 0.1) is 0 Å². The summed E-state index contributed by atoms with van der Waals surface area (Å²) in [7, 11) is 0. The molecule has 0 saturated carbocycles. The molecule has 0 radical (unpaired) electrons. The molecule has 0 spiro atoms. The quantitative estimate of drug-likeness (QED) is 0.298. The first-order valence-corrected chi connectivity index (χ1v) is 3.69. The third kappa shape index (κ3) is 3.13. The van der Waals surface area contributed by atoms with Crippen LogP contribution in [0.25, 0.3) is 0 Å². The van der Waals surface area contributed by atoms with Crippen LogP contribution in [0.4, 0.5) is 0 Å². The molecule has 0 aliphatic carbocycles. The Labute approximate surface area is 66.7 Å². The lowest BCUT2D eigenvalue weighted by Crippen LogP contribution is -2.51. The van der Waals surface area contributed by atoms with Crippen LogP contribution in [0, 0.1) is 5.92 Å². The molecule has 5 nitrogen and oxygen atoms in total. The Balaban J connectivity index is 3.92. The minimum Gasteiger partial charge on any atom is -0.396 e. The largest absolute Gasteiger partial charge is 0.396 e. The van der Waals surface area contributed by atoms with Gasteiger partial charge in [0, 0.05) is 37.7 Å². The van der Waals surface area contributed by atoms with Crippen molar-refractivity contribution in [3.8, 4) is 0 Å². The van der Waals surface area contributed by atoms with Gasteiger partial charge >= 0.3 is 0 Å². The van der Waals surface area contributed by atoms with Crippen LogP contribution in [0.1, 0.15) is 0 Å². The average molecular weight is 162 g/mol. The third-order valence-corrected chi connectivity index (χ3v) is 1.86. The van der Waals surface area contributed by atoms with E-state index in [-0.39, 0.29) is 24.6 Å². The Hall–Kier alpha value is -0.200. The zero-order valence-electron chi connectivity index (χ0n) is 6.61. The summed E-state index contributed by atoms with van der Waals surface area (Å²) in [6, 6.07) is -0.530. The summed E-state index contributed by atoms with van der Waals surface area (Å²) in [4.78, 5) is 0. The van der Waals surface area contributed by atoms with Gasteiger partial charge in [0.25, 0.3) is 0 Å². The highest BCUT2D eigenvalue weighted by Gasteiger charge is 2.21. The molecule has 0 heterocycles. The maximum atomic E-state index is 8.86. The van der Waals surface area contributed by atoms with Crippen LogP contribution in [0.15, 0.2) is 0 Å². The Kier molecular flexibility index (Phi) is 5.35. The molecule has 2 unspecified atom stereocenters. The normalized spacial score (nSPS) is 19.4. The first-order chi connectivity index (χ1) is 5.17. The van der Waals surface area contributed by atoms with E-state index in [2.05, 4.69) is 0 Å². The molecular formula is C6H18N4O. The van der Waals surface area contributed by atoms with Crippen molar-refractivity contribution in [2.24, 2.45) is 28.9 Å². The van der Waals surface area contributed by atoms with E-state index in [4.69, 9.17) is 28.0 Å². The van der Waals surface area contributed by atoms with Gasteiger partial charge in [-0.1, -0.05) is 0 Å². The molecule has 5 heteroatoms. The maximum absolute atomic E-state index is 8.86. The molecule has 2 atom stereocenters. The minimum absolute atomic E-state index is 0.0588. The van der Waals surface area contributed by atoms with Gasteiger partial charge in [-0.15, -0.1) is 0 Å². The van der Waals surface area contributed by atoms with Gasteiger partial charge < -0.3 is 28.0 Å². The van der Waals surface area contributed by atoms with Crippen molar-refractivity contribution in [1.29, 1.82) is 0 Å². The molecule has 0 aromatic carbocycles. The van der Waals surface area contributed by atoms with E-state index in [1.165, 1.54) is 0 Å². The second-order valence-electron chi connectivity index (χ2n) is 2.65. The minimum atomic E-state index is -0.265. The standard InChI is InChI=1S/C6H18N4O/c7-1-5(9)4(3-11)6(10)2-8/h4-6,11H,1-3,7-10H2. The van der Waals surface area contributed by atoms with Gasteiger partial charge in [0.15, 0.2) is 0 Å². The Bertz CT molecular complexity index is 90.6. The third-order valence-electron chi connectivity index (χ3n) is 1.86. The van der Waals surface area contributed by atoms with Gasteiger partial charge in [-0.3, -0.25) is 0 Å². The number of aliphatic hydroxyl groups excluding tert-OH is 1. The van der Waals surface area contributed by atoms with Crippen molar-refractivity contribution in [3.63, 3.8) is 0 Å². The fraction of sp³-hybridized carbons (Fsp3) is 1.00. The molecular weight excluding hydrogens is 144 g/mol. The lowest BCUT2D eigenvalue weighted by molar-refractivity contribution is 0.184. The van der Waals surface area contributed by atoms with Crippen molar-refractivity contribution in [2.75, 3.05) is 19.7 Å². The molecule has 0 fully saturated rings. The lowest BCUT2D eigenvalue weighted by Gasteiger charge is -2.25. The lowest BCUT2D eigenvalue weighted by atomic mass is 9.93. The van der Waals surface area contributed by atoms with Gasteiger partial charge in [-0.25, -0.2) is 0 Å². The number of nitrogens with two attached hydrogens (primary N) is 4. The summed E-state index contributed by atoms with van der Waals surface area (Å²) in [5.74, 6) is -0.190. The first kappa shape index (κ1) is 10.8. The predicted molar refractivity (Wildman–Crippen MR) is 44.6 cm³/mol. The molecule has 0 aromatic rings. The molecule has 0 bridgehead atoms. The van der Waals surface area contributed by atoms with E-state index in [9.17, 15) is 0 Å². The second-order valence-corrected chi connectivity index (χ2v) is 2.65. The number of aliphatic hydroxyl groups is 1. The second kappa shape index (κ2) is 5.45. The summed E-state index contributed by atoms with van der Waals surface area (Å²) in [6.07, 6.45) is 0. The van der Waals surface area contributed by atoms with Gasteiger partial charge in [-0.05, 0) is 0 Å². The molecule has 9 N–H and O–H groups in total. The van der Waals surface area contributed by atoms with Gasteiger partial charge in [0.2, 0.25) is 0 Å². The number of hydrogen-bond donors (Lipinski definition) is 5. The van der Waals surface area contributed by atoms with E-state index >= 15 is 0 Å². The van der Waals surface area contributed by atoms with Gasteiger partial charge in [-0.2, -0.15) is 0 Å². The summed E-state index contributed by atoms with van der Waals surface area (Å²) < 4.78 is 0. The smallest absolute Gasteiger partial charge is 0.0489 e. The van der Waals surface area contributed by atoms with Gasteiger partial charge in [0.1, 0.15) is 0 Å². The van der Waals surface area contributed by atoms with E-state index < -0.39 is 0 Å². The van der Waals surface area contributed by atoms with E-state index in [1.54, 1.807) is 0 Å². The number of hydrogen-bond acceptors (Lipinski definition) is 5.